The molecule has 7 nitrogen and oxygen atoms in total. The molecule has 0 saturated heterocycles. The van der Waals surface area contributed by atoms with Gasteiger partial charge in [-0.1, -0.05) is 48.5 Å². The molecular formula is C26H23FN2O5. The number of carboxylic acid groups (broad SMARTS) is 1. The smallest absolute Gasteiger partial charge is 0.411 e. The summed E-state index contributed by atoms with van der Waals surface area (Å²) in [5.41, 5.74) is 4.36. The highest BCUT2D eigenvalue weighted by atomic mass is 19.1. The van der Waals surface area contributed by atoms with Gasteiger partial charge in [-0.25, -0.2) is 9.18 Å². The fourth-order valence-electron chi connectivity index (χ4n) is 4.09. The lowest BCUT2D eigenvalue weighted by Crippen LogP contribution is -2.27. The number of hydrogen-bond donors (Lipinski definition) is 3. The Bertz CT molecular complexity index is 1200. The zero-order valence-electron chi connectivity index (χ0n) is 18.2. The van der Waals surface area contributed by atoms with Crippen molar-refractivity contribution in [1.29, 1.82) is 0 Å². The first-order valence-corrected chi connectivity index (χ1v) is 10.9. The van der Waals surface area contributed by atoms with E-state index in [-0.39, 0.29) is 43.2 Å². The third-order valence-electron chi connectivity index (χ3n) is 5.66. The Balaban J connectivity index is 1.42. The number of benzene rings is 3. The summed E-state index contributed by atoms with van der Waals surface area (Å²) in [4.78, 5) is 35.6. The highest BCUT2D eigenvalue weighted by Gasteiger charge is 2.29. The number of aliphatic carboxylic acids is 1. The molecule has 0 spiro atoms. The van der Waals surface area contributed by atoms with E-state index in [0.29, 0.717) is 0 Å². The van der Waals surface area contributed by atoms with E-state index < -0.39 is 23.8 Å². The number of anilines is 1. The van der Waals surface area contributed by atoms with Gasteiger partial charge in [0.1, 0.15) is 12.4 Å². The molecule has 3 N–H and O–H groups in total. The van der Waals surface area contributed by atoms with Crippen molar-refractivity contribution >= 4 is 23.7 Å². The normalized spacial score (nSPS) is 11.9. The maximum atomic E-state index is 13.8. The molecule has 3 aromatic rings. The second kappa shape index (κ2) is 10.2. The maximum Gasteiger partial charge on any atom is 0.411 e. The van der Waals surface area contributed by atoms with Crippen LogP contribution >= 0.6 is 0 Å². The van der Waals surface area contributed by atoms with Crippen molar-refractivity contribution in [3.8, 4) is 11.1 Å². The lowest BCUT2D eigenvalue weighted by atomic mass is 9.98. The number of carboxylic acids is 1. The van der Waals surface area contributed by atoms with Gasteiger partial charge < -0.3 is 15.2 Å². The largest absolute Gasteiger partial charge is 0.481 e. The molecule has 0 radical (unpaired) electrons. The molecule has 2 amide bonds. The Labute approximate surface area is 195 Å². The molecule has 0 fully saturated rings. The number of ether oxygens (including phenoxy) is 1. The Morgan fingerprint density at radius 2 is 1.59 bits per heavy atom. The first-order valence-electron chi connectivity index (χ1n) is 10.9. The van der Waals surface area contributed by atoms with E-state index >= 15 is 0 Å². The number of halogens is 1. The summed E-state index contributed by atoms with van der Waals surface area (Å²) in [6.45, 7) is 0.198. The van der Waals surface area contributed by atoms with Crippen molar-refractivity contribution in [2.24, 2.45) is 0 Å². The minimum atomic E-state index is -0.974. The van der Waals surface area contributed by atoms with Gasteiger partial charge in [0.25, 0.3) is 5.91 Å². The quantitative estimate of drug-likeness (QED) is 0.418. The van der Waals surface area contributed by atoms with Gasteiger partial charge in [0.15, 0.2) is 0 Å². The summed E-state index contributed by atoms with van der Waals surface area (Å²) < 4.78 is 19.3. The number of hydrogen-bond acceptors (Lipinski definition) is 4. The Morgan fingerprint density at radius 1 is 0.941 bits per heavy atom. The molecule has 174 valence electrons. The van der Waals surface area contributed by atoms with Crippen LogP contribution in [-0.2, 0) is 9.53 Å². The molecule has 0 bridgehead atoms. The maximum absolute atomic E-state index is 13.8. The highest BCUT2D eigenvalue weighted by molar-refractivity contribution is 6.02. The van der Waals surface area contributed by atoms with Crippen LogP contribution in [0.5, 0.6) is 0 Å². The average Bonchev–Trinajstić information content (AvgIpc) is 3.15. The van der Waals surface area contributed by atoms with Crippen molar-refractivity contribution in [2.45, 2.75) is 18.8 Å². The molecule has 1 aliphatic rings. The molecule has 34 heavy (non-hydrogen) atoms. The van der Waals surface area contributed by atoms with Crippen LogP contribution in [0.3, 0.4) is 0 Å². The summed E-state index contributed by atoms with van der Waals surface area (Å²) in [6.07, 6.45) is -0.645. The monoisotopic (exact) mass is 462 g/mol. The second-order valence-corrected chi connectivity index (χ2v) is 7.89. The number of carbonyl (C=O) groups is 3. The van der Waals surface area contributed by atoms with Crippen molar-refractivity contribution in [3.05, 3.63) is 89.2 Å². The molecule has 0 heterocycles. The predicted molar refractivity (Wildman–Crippen MR) is 124 cm³/mol. The average molecular weight is 462 g/mol. The second-order valence-electron chi connectivity index (χ2n) is 7.89. The van der Waals surface area contributed by atoms with Crippen LogP contribution in [0.15, 0.2) is 66.7 Å². The fraction of sp³-hybridized carbons (Fsp3) is 0.192. The van der Waals surface area contributed by atoms with Gasteiger partial charge >= 0.3 is 12.1 Å². The van der Waals surface area contributed by atoms with Gasteiger partial charge in [-0.05, 0) is 46.9 Å². The number of carbonyl (C=O) groups excluding carboxylic acids is 2. The summed E-state index contributed by atoms with van der Waals surface area (Å²) in [6, 6.07) is 19.3. The molecule has 0 atom stereocenters. The molecule has 3 aromatic carbocycles. The number of nitrogens with one attached hydrogen (secondary N) is 2. The number of amides is 2. The van der Waals surface area contributed by atoms with Gasteiger partial charge in [-0.15, -0.1) is 0 Å². The van der Waals surface area contributed by atoms with E-state index in [1.165, 1.54) is 6.07 Å². The van der Waals surface area contributed by atoms with Crippen molar-refractivity contribution in [2.75, 3.05) is 18.5 Å². The summed E-state index contributed by atoms with van der Waals surface area (Å²) in [7, 11) is 0. The van der Waals surface area contributed by atoms with E-state index in [1.54, 1.807) is 0 Å². The SMILES string of the molecule is O=C(O)CCCNC(=O)c1cc(F)ccc1NC(=O)OCC1c2ccccc2-c2ccccc21. The Morgan fingerprint density at radius 3 is 2.24 bits per heavy atom. The van der Waals surface area contributed by atoms with E-state index in [1.807, 2.05) is 48.5 Å². The van der Waals surface area contributed by atoms with Crippen LogP contribution in [0.1, 0.15) is 40.2 Å². The van der Waals surface area contributed by atoms with Crippen LogP contribution in [0.25, 0.3) is 11.1 Å². The predicted octanol–water partition coefficient (Wildman–Crippen LogP) is 4.78. The first kappa shape index (κ1) is 23.0. The molecule has 8 heteroatoms. The standard InChI is InChI=1S/C26H23FN2O5/c27-16-11-12-23(21(14-16)25(32)28-13-5-10-24(30)31)29-26(33)34-15-22-19-8-3-1-6-17(19)18-7-2-4-9-20(18)22/h1-4,6-9,11-12,14,22H,5,10,13,15H2,(H,28,32)(H,29,33)(H,30,31). The Hall–Kier alpha value is -4.20. The molecule has 4 rings (SSSR count). The van der Waals surface area contributed by atoms with Crippen LogP contribution in [-0.4, -0.2) is 36.2 Å². The third-order valence-corrected chi connectivity index (χ3v) is 5.66. The molecule has 0 aliphatic heterocycles. The highest BCUT2D eigenvalue weighted by Crippen LogP contribution is 2.44. The number of rotatable bonds is 8. The van der Waals surface area contributed by atoms with Gasteiger partial charge in [0.2, 0.25) is 0 Å². The van der Waals surface area contributed by atoms with Gasteiger partial charge in [-0.3, -0.25) is 14.9 Å². The van der Waals surface area contributed by atoms with Crippen molar-refractivity contribution < 1.29 is 28.6 Å². The lowest BCUT2D eigenvalue weighted by molar-refractivity contribution is -0.137. The molecule has 0 aromatic heterocycles. The van der Waals surface area contributed by atoms with Crippen LogP contribution in [0.2, 0.25) is 0 Å². The molecular weight excluding hydrogens is 439 g/mol. The topological polar surface area (TPSA) is 105 Å². The van der Waals surface area contributed by atoms with Gasteiger partial charge in [0, 0.05) is 18.9 Å². The number of fused-ring (bicyclic) bond motifs is 3. The first-order chi connectivity index (χ1) is 16.4. The van der Waals surface area contributed by atoms with E-state index in [9.17, 15) is 18.8 Å². The van der Waals surface area contributed by atoms with Crippen LogP contribution < -0.4 is 10.6 Å². The lowest BCUT2D eigenvalue weighted by Gasteiger charge is -2.16. The molecule has 0 saturated carbocycles. The van der Waals surface area contributed by atoms with Crippen molar-refractivity contribution in [1.82, 2.24) is 5.32 Å². The van der Waals surface area contributed by atoms with E-state index in [0.717, 1.165) is 34.4 Å². The third kappa shape index (κ3) is 5.06. The zero-order chi connectivity index (χ0) is 24.1. The van der Waals surface area contributed by atoms with E-state index in [4.69, 9.17) is 9.84 Å². The van der Waals surface area contributed by atoms with Crippen LogP contribution in [0.4, 0.5) is 14.9 Å². The van der Waals surface area contributed by atoms with Gasteiger partial charge in [-0.2, -0.15) is 0 Å². The molecule has 1 aliphatic carbocycles. The summed E-state index contributed by atoms with van der Waals surface area (Å²) >= 11 is 0. The van der Waals surface area contributed by atoms with Gasteiger partial charge in [0.05, 0.1) is 11.3 Å². The molecule has 0 unspecified atom stereocenters. The van der Waals surface area contributed by atoms with Crippen molar-refractivity contribution in [3.63, 3.8) is 0 Å². The minimum absolute atomic E-state index is 0.0798. The summed E-state index contributed by atoms with van der Waals surface area (Å²) in [5.74, 6) is -2.37. The van der Waals surface area contributed by atoms with E-state index in [2.05, 4.69) is 10.6 Å². The Kier molecular flexibility index (Phi) is 6.87. The zero-order valence-corrected chi connectivity index (χ0v) is 18.2. The fourth-order valence-corrected chi connectivity index (χ4v) is 4.09. The minimum Gasteiger partial charge on any atom is -0.481 e. The van der Waals surface area contributed by atoms with Crippen LogP contribution in [0, 0.1) is 5.82 Å². The summed E-state index contributed by atoms with van der Waals surface area (Å²) in [5, 5.41) is 13.7.